The quantitative estimate of drug-likeness (QED) is 0.311. The molecule has 8 heteroatoms. The first-order valence-electron chi connectivity index (χ1n) is 10.6. The van der Waals surface area contributed by atoms with Gasteiger partial charge in [0.25, 0.3) is 0 Å². The van der Waals surface area contributed by atoms with Crippen molar-refractivity contribution in [3.63, 3.8) is 0 Å². The molecule has 0 radical (unpaired) electrons. The van der Waals surface area contributed by atoms with E-state index in [1.54, 1.807) is 12.1 Å². The van der Waals surface area contributed by atoms with Crippen LogP contribution in [0.15, 0.2) is 64.5 Å². The minimum Gasteiger partial charge on any atom is -0.371 e. The van der Waals surface area contributed by atoms with Gasteiger partial charge in [-0.1, -0.05) is 30.3 Å². The molecule has 1 aliphatic rings. The van der Waals surface area contributed by atoms with E-state index in [0.717, 1.165) is 50.4 Å². The van der Waals surface area contributed by atoms with Crippen LogP contribution in [-0.4, -0.2) is 52.9 Å². The maximum atomic E-state index is 11.6. The summed E-state index contributed by atoms with van der Waals surface area (Å²) in [5, 5.41) is 6.91. The van der Waals surface area contributed by atoms with Crippen LogP contribution in [0.5, 0.6) is 0 Å². The van der Waals surface area contributed by atoms with Crippen molar-refractivity contribution in [2.24, 2.45) is 4.99 Å². The molecule has 170 valence electrons. The number of aliphatic imine (C=N–C) groups is 1. The smallest absolute Gasteiger partial charge is 0.191 e. The maximum Gasteiger partial charge on any atom is 0.191 e. The topological polar surface area (TPSA) is 73.8 Å². The van der Waals surface area contributed by atoms with Crippen LogP contribution in [0.1, 0.15) is 25.3 Å². The Morgan fingerprint density at radius 3 is 2.29 bits per heavy atom. The van der Waals surface area contributed by atoms with Gasteiger partial charge >= 0.3 is 0 Å². The van der Waals surface area contributed by atoms with E-state index in [0.29, 0.717) is 17.5 Å². The van der Waals surface area contributed by atoms with Gasteiger partial charge in [0.15, 0.2) is 15.8 Å². The molecule has 1 fully saturated rings. The van der Waals surface area contributed by atoms with Crippen molar-refractivity contribution < 1.29 is 8.42 Å². The molecule has 0 spiro atoms. The zero-order chi connectivity index (χ0) is 21.4. The van der Waals surface area contributed by atoms with E-state index in [4.69, 9.17) is 4.99 Å². The summed E-state index contributed by atoms with van der Waals surface area (Å²) in [6.07, 6.45) is 4.15. The van der Waals surface area contributed by atoms with E-state index in [1.807, 2.05) is 12.1 Å². The lowest BCUT2D eigenvalue weighted by molar-refractivity contribution is 0.461. The Morgan fingerprint density at radius 2 is 1.71 bits per heavy atom. The van der Waals surface area contributed by atoms with Crippen LogP contribution < -0.4 is 15.5 Å². The van der Waals surface area contributed by atoms with Crippen LogP contribution in [0, 0.1) is 0 Å². The first-order chi connectivity index (χ1) is 14.5. The molecule has 1 saturated heterocycles. The van der Waals surface area contributed by atoms with Crippen molar-refractivity contribution in [2.45, 2.75) is 37.1 Å². The molecule has 0 atom stereocenters. The first-order valence-corrected chi connectivity index (χ1v) is 12.5. The van der Waals surface area contributed by atoms with E-state index in [2.05, 4.69) is 52.8 Å². The van der Waals surface area contributed by atoms with Gasteiger partial charge in [0.1, 0.15) is 0 Å². The second-order valence-corrected chi connectivity index (χ2v) is 9.68. The first kappa shape index (κ1) is 25.5. The molecule has 0 unspecified atom stereocenters. The summed E-state index contributed by atoms with van der Waals surface area (Å²) in [6.45, 7) is 5.61. The van der Waals surface area contributed by atoms with Gasteiger partial charge in [-0.25, -0.2) is 8.42 Å². The third-order valence-electron chi connectivity index (χ3n) is 5.32. The van der Waals surface area contributed by atoms with Gasteiger partial charge in [0.2, 0.25) is 0 Å². The Hall–Kier alpha value is -1.81. The number of sulfone groups is 1. The summed E-state index contributed by atoms with van der Waals surface area (Å²) < 4.78 is 23.1. The van der Waals surface area contributed by atoms with Gasteiger partial charge in [0.05, 0.1) is 4.90 Å². The zero-order valence-corrected chi connectivity index (χ0v) is 21.4. The molecular formula is C23H33IN4O2S. The summed E-state index contributed by atoms with van der Waals surface area (Å²) in [4.78, 5) is 7.50. The number of guanidine groups is 1. The highest BCUT2D eigenvalue weighted by Crippen LogP contribution is 2.19. The molecule has 0 bridgehead atoms. The highest BCUT2D eigenvalue weighted by atomic mass is 127. The Balaban J connectivity index is 0.00000341. The van der Waals surface area contributed by atoms with Crippen LogP contribution in [-0.2, 0) is 16.3 Å². The minimum atomic E-state index is -3.15. The molecule has 1 aliphatic heterocycles. The Bertz CT molecular complexity index is 926. The largest absolute Gasteiger partial charge is 0.371 e. The molecule has 31 heavy (non-hydrogen) atoms. The summed E-state index contributed by atoms with van der Waals surface area (Å²) >= 11 is 0. The summed E-state index contributed by atoms with van der Waals surface area (Å²) in [7, 11) is -3.15. The molecule has 0 aliphatic carbocycles. The van der Waals surface area contributed by atoms with Crippen molar-refractivity contribution in [1.82, 2.24) is 10.6 Å². The predicted molar refractivity (Wildman–Crippen MR) is 139 cm³/mol. The number of nitrogens with one attached hydrogen (secondary N) is 2. The van der Waals surface area contributed by atoms with E-state index in [-0.39, 0.29) is 24.0 Å². The van der Waals surface area contributed by atoms with Gasteiger partial charge < -0.3 is 15.5 Å². The molecule has 2 N–H and O–H groups in total. The third-order valence-corrected chi connectivity index (χ3v) is 6.45. The average molecular weight is 557 g/mol. The van der Waals surface area contributed by atoms with E-state index < -0.39 is 9.84 Å². The molecule has 1 heterocycles. The number of rotatable bonds is 7. The Morgan fingerprint density at radius 1 is 1.06 bits per heavy atom. The highest BCUT2D eigenvalue weighted by Gasteiger charge is 2.20. The van der Waals surface area contributed by atoms with Crippen LogP contribution in [0.25, 0.3) is 0 Å². The molecule has 2 aromatic rings. The van der Waals surface area contributed by atoms with Gasteiger partial charge in [-0.05, 0) is 56.0 Å². The van der Waals surface area contributed by atoms with Gasteiger partial charge in [-0.3, -0.25) is 4.99 Å². The molecule has 3 rings (SSSR count). The predicted octanol–water partition coefficient (Wildman–Crippen LogP) is 3.47. The summed E-state index contributed by atoms with van der Waals surface area (Å²) in [5.41, 5.74) is 2.37. The van der Waals surface area contributed by atoms with Crippen molar-refractivity contribution in [2.75, 3.05) is 37.3 Å². The van der Waals surface area contributed by atoms with Gasteiger partial charge in [-0.15, -0.1) is 24.0 Å². The van der Waals surface area contributed by atoms with E-state index >= 15 is 0 Å². The lowest BCUT2D eigenvalue weighted by Crippen LogP contribution is -2.48. The monoisotopic (exact) mass is 556 g/mol. The van der Waals surface area contributed by atoms with Crippen molar-refractivity contribution in [1.29, 1.82) is 0 Å². The molecule has 0 aromatic heterocycles. The molecule has 2 aromatic carbocycles. The number of nitrogens with zero attached hydrogens (tertiary/aromatic N) is 2. The fraction of sp³-hybridized carbons (Fsp3) is 0.435. The fourth-order valence-electron chi connectivity index (χ4n) is 3.63. The van der Waals surface area contributed by atoms with Crippen molar-refractivity contribution in [3.8, 4) is 0 Å². The van der Waals surface area contributed by atoms with Gasteiger partial charge in [0, 0.05) is 44.2 Å². The summed E-state index contributed by atoms with van der Waals surface area (Å²) in [6, 6.07) is 18.0. The van der Waals surface area contributed by atoms with Crippen LogP contribution in [0.3, 0.4) is 0 Å². The molecular weight excluding hydrogens is 523 g/mol. The standard InChI is InChI=1S/C23H32N4O2S.HI/c1-3-24-23(25-16-13-19-9-11-22(12-10-19)30(2,28)29)26-20-14-17-27(18-15-20)21-7-5-4-6-8-21;/h4-12,20H,3,13-18H2,1-2H3,(H2,24,25,26);1H. The van der Waals surface area contributed by atoms with Gasteiger partial charge in [-0.2, -0.15) is 0 Å². The summed E-state index contributed by atoms with van der Waals surface area (Å²) in [5.74, 6) is 0.850. The second-order valence-electron chi connectivity index (χ2n) is 7.67. The number of piperidine rings is 1. The SMILES string of the molecule is CCNC(=NCCc1ccc(S(C)(=O)=O)cc1)NC1CCN(c2ccccc2)CC1.I. The van der Waals surface area contributed by atoms with E-state index in [1.165, 1.54) is 11.9 Å². The number of benzene rings is 2. The third kappa shape index (κ3) is 7.99. The Labute approximate surface area is 203 Å². The zero-order valence-electron chi connectivity index (χ0n) is 18.3. The normalized spacial score (nSPS) is 15.3. The van der Waals surface area contributed by atoms with Crippen molar-refractivity contribution in [3.05, 3.63) is 60.2 Å². The van der Waals surface area contributed by atoms with Crippen LogP contribution in [0.4, 0.5) is 5.69 Å². The van der Waals surface area contributed by atoms with Crippen LogP contribution >= 0.6 is 24.0 Å². The lowest BCUT2D eigenvalue weighted by atomic mass is 10.0. The molecule has 0 saturated carbocycles. The number of hydrogen-bond donors (Lipinski definition) is 2. The number of hydrogen-bond acceptors (Lipinski definition) is 4. The number of halogens is 1. The maximum absolute atomic E-state index is 11.6. The number of anilines is 1. The van der Waals surface area contributed by atoms with Crippen molar-refractivity contribution >= 4 is 45.5 Å². The number of para-hydroxylation sites is 1. The fourth-order valence-corrected chi connectivity index (χ4v) is 4.26. The molecule has 0 amide bonds. The minimum absolute atomic E-state index is 0. The lowest BCUT2D eigenvalue weighted by Gasteiger charge is -2.34. The second kappa shape index (κ2) is 12.3. The average Bonchev–Trinajstić information content (AvgIpc) is 2.75. The van der Waals surface area contributed by atoms with Crippen LogP contribution in [0.2, 0.25) is 0 Å². The highest BCUT2D eigenvalue weighted by molar-refractivity contribution is 14.0. The Kier molecular flexibility index (Phi) is 10.1. The van der Waals surface area contributed by atoms with E-state index in [9.17, 15) is 8.42 Å². The molecule has 6 nitrogen and oxygen atoms in total.